The second kappa shape index (κ2) is 6.44. The molecule has 0 unspecified atom stereocenters. The molecule has 0 aliphatic rings. The van der Waals surface area contributed by atoms with E-state index in [1.807, 2.05) is 0 Å². The lowest BCUT2D eigenvalue weighted by Crippen LogP contribution is -2.06. The fraction of sp³-hybridized carbons (Fsp3) is 0.231. The number of esters is 2. The van der Waals surface area contributed by atoms with Crippen LogP contribution in [0.1, 0.15) is 22.8 Å². The first-order chi connectivity index (χ1) is 8.60. The van der Waals surface area contributed by atoms with E-state index < -0.39 is 11.9 Å². The smallest absolute Gasteiger partial charge is 0.339 e. The largest absolute Gasteiger partial charge is 0.465 e. The molecule has 0 saturated carbocycles. The molecule has 0 atom stereocenters. The van der Waals surface area contributed by atoms with Crippen LogP contribution in [0.5, 0.6) is 0 Å². The number of rotatable bonds is 4. The molecule has 5 heteroatoms. The Morgan fingerprint density at radius 2 is 2.11 bits per heavy atom. The predicted octanol–water partition coefficient (Wildman–Crippen LogP) is 1.63. The number of ether oxygens (including phenoxy) is 2. The van der Waals surface area contributed by atoms with Crippen molar-refractivity contribution in [2.24, 2.45) is 0 Å². The first-order valence-electron chi connectivity index (χ1n) is 5.41. The van der Waals surface area contributed by atoms with Crippen LogP contribution in [0.3, 0.4) is 0 Å². The van der Waals surface area contributed by atoms with Crippen LogP contribution in [0.25, 0.3) is 6.08 Å². The Morgan fingerprint density at radius 1 is 1.39 bits per heavy atom. The Morgan fingerprint density at radius 3 is 2.72 bits per heavy atom. The summed E-state index contributed by atoms with van der Waals surface area (Å²) in [6, 6.07) is 4.91. The maximum atomic E-state index is 11.4. The molecule has 0 radical (unpaired) electrons. The summed E-state index contributed by atoms with van der Waals surface area (Å²) in [6.45, 7) is 2.03. The monoisotopic (exact) mass is 249 g/mol. The number of methoxy groups -OCH3 is 1. The van der Waals surface area contributed by atoms with Gasteiger partial charge in [-0.05, 0) is 24.6 Å². The average molecular weight is 249 g/mol. The van der Waals surface area contributed by atoms with E-state index >= 15 is 0 Å². The van der Waals surface area contributed by atoms with Crippen LogP contribution in [0.2, 0.25) is 0 Å². The Balaban J connectivity index is 2.97. The molecule has 0 bridgehead atoms. The van der Waals surface area contributed by atoms with Crippen molar-refractivity contribution in [1.29, 1.82) is 0 Å². The Labute approximate surface area is 105 Å². The second-order valence-corrected chi connectivity index (χ2v) is 3.39. The summed E-state index contributed by atoms with van der Waals surface area (Å²) in [5.74, 6) is -0.973. The summed E-state index contributed by atoms with van der Waals surface area (Å²) < 4.78 is 9.35. The van der Waals surface area contributed by atoms with Crippen LogP contribution >= 0.6 is 0 Å². The minimum Gasteiger partial charge on any atom is -0.465 e. The molecule has 1 aromatic carbocycles. The molecule has 0 fully saturated rings. The molecular formula is C13H15NO4. The predicted molar refractivity (Wildman–Crippen MR) is 67.9 cm³/mol. The lowest BCUT2D eigenvalue weighted by Gasteiger charge is -2.06. The van der Waals surface area contributed by atoms with E-state index in [1.54, 1.807) is 25.1 Å². The average Bonchev–Trinajstić information content (AvgIpc) is 2.37. The molecular weight excluding hydrogens is 234 g/mol. The number of nitrogen functional groups attached to an aromatic ring is 1. The highest BCUT2D eigenvalue weighted by molar-refractivity contribution is 5.98. The van der Waals surface area contributed by atoms with Gasteiger partial charge >= 0.3 is 11.9 Å². The zero-order valence-corrected chi connectivity index (χ0v) is 10.3. The first-order valence-corrected chi connectivity index (χ1v) is 5.41. The van der Waals surface area contributed by atoms with Gasteiger partial charge in [-0.2, -0.15) is 0 Å². The number of carbonyl (C=O) groups excluding carboxylic acids is 2. The van der Waals surface area contributed by atoms with Crippen LogP contribution in [0.4, 0.5) is 5.69 Å². The van der Waals surface area contributed by atoms with Crippen molar-refractivity contribution in [1.82, 2.24) is 0 Å². The number of hydrogen-bond acceptors (Lipinski definition) is 5. The molecule has 2 N–H and O–H groups in total. The molecule has 1 rings (SSSR count). The molecule has 5 nitrogen and oxygen atoms in total. The summed E-state index contributed by atoms with van der Waals surface area (Å²) in [7, 11) is 1.28. The highest BCUT2D eigenvalue weighted by Gasteiger charge is 2.11. The molecule has 0 saturated heterocycles. The van der Waals surface area contributed by atoms with E-state index in [9.17, 15) is 9.59 Å². The molecule has 18 heavy (non-hydrogen) atoms. The van der Waals surface area contributed by atoms with Crippen LogP contribution in [-0.4, -0.2) is 25.7 Å². The van der Waals surface area contributed by atoms with E-state index in [4.69, 9.17) is 10.5 Å². The van der Waals surface area contributed by atoms with E-state index in [2.05, 4.69) is 4.74 Å². The van der Waals surface area contributed by atoms with Gasteiger partial charge in [0.25, 0.3) is 0 Å². The third-order valence-electron chi connectivity index (χ3n) is 2.23. The number of para-hydroxylation sites is 1. The van der Waals surface area contributed by atoms with Gasteiger partial charge < -0.3 is 15.2 Å². The maximum absolute atomic E-state index is 11.4. The second-order valence-electron chi connectivity index (χ2n) is 3.39. The number of anilines is 1. The van der Waals surface area contributed by atoms with E-state index in [1.165, 1.54) is 19.3 Å². The maximum Gasteiger partial charge on any atom is 0.339 e. The van der Waals surface area contributed by atoms with Gasteiger partial charge in [0.2, 0.25) is 0 Å². The van der Waals surface area contributed by atoms with Gasteiger partial charge in [-0.25, -0.2) is 9.59 Å². The third-order valence-corrected chi connectivity index (χ3v) is 2.23. The van der Waals surface area contributed by atoms with Crippen LogP contribution in [0.15, 0.2) is 24.3 Å². The minimum absolute atomic E-state index is 0.267. The summed E-state index contributed by atoms with van der Waals surface area (Å²) in [5, 5.41) is 0. The lowest BCUT2D eigenvalue weighted by molar-refractivity contribution is -0.137. The molecule has 0 aliphatic carbocycles. The van der Waals surface area contributed by atoms with Crippen molar-refractivity contribution in [3.8, 4) is 0 Å². The molecule has 1 aromatic rings. The van der Waals surface area contributed by atoms with Crippen molar-refractivity contribution in [2.75, 3.05) is 19.5 Å². The van der Waals surface area contributed by atoms with Crippen molar-refractivity contribution < 1.29 is 19.1 Å². The topological polar surface area (TPSA) is 78.6 Å². The van der Waals surface area contributed by atoms with Gasteiger partial charge in [-0.15, -0.1) is 0 Å². The van der Waals surface area contributed by atoms with Crippen molar-refractivity contribution >= 4 is 23.7 Å². The molecule has 0 aliphatic heterocycles. The zero-order chi connectivity index (χ0) is 13.5. The standard InChI is InChI=1S/C13H15NO4/c1-3-18-11(15)8-7-9-5-4-6-10(12(9)14)13(16)17-2/h4-8H,3,14H2,1-2H3/b8-7+. The Bertz CT molecular complexity index is 480. The number of benzene rings is 1. The fourth-order valence-corrected chi connectivity index (χ4v) is 1.36. The lowest BCUT2D eigenvalue weighted by atomic mass is 10.1. The summed E-state index contributed by atoms with van der Waals surface area (Å²) in [6.07, 6.45) is 2.76. The van der Waals surface area contributed by atoms with Gasteiger partial charge in [-0.1, -0.05) is 12.1 Å². The minimum atomic E-state index is -0.515. The number of hydrogen-bond donors (Lipinski definition) is 1. The first kappa shape index (κ1) is 13.8. The highest BCUT2D eigenvalue weighted by Crippen LogP contribution is 2.19. The van der Waals surface area contributed by atoms with Crippen molar-refractivity contribution in [3.63, 3.8) is 0 Å². The number of carbonyl (C=O) groups is 2. The molecule has 0 amide bonds. The summed E-state index contributed by atoms with van der Waals surface area (Å²) in [5.41, 5.74) is 6.91. The quantitative estimate of drug-likeness (QED) is 0.498. The van der Waals surface area contributed by atoms with Crippen molar-refractivity contribution in [3.05, 3.63) is 35.4 Å². The number of nitrogens with two attached hydrogens (primary N) is 1. The van der Waals surface area contributed by atoms with Crippen LogP contribution in [0, 0.1) is 0 Å². The van der Waals surface area contributed by atoms with E-state index in [0.29, 0.717) is 12.2 Å². The SMILES string of the molecule is CCOC(=O)/C=C/c1cccc(C(=O)OC)c1N. The summed E-state index contributed by atoms with van der Waals surface area (Å²) in [4.78, 5) is 22.6. The van der Waals surface area contributed by atoms with Gasteiger partial charge in [0.15, 0.2) is 0 Å². The van der Waals surface area contributed by atoms with E-state index in [0.717, 1.165) is 0 Å². The Kier molecular flexibility index (Phi) is 4.92. The Hall–Kier alpha value is -2.30. The van der Waals surface area contributed by atoms with Crippen molar-refractivity contribution in [2.45, 2.75) is 6.92 Å². The third kappa shape index (κ3) is 3.35. The van der Waals surface area contributed by atoms with Gasteiger partial charge in [0, 0.05) is 6.08 Å². The molecule has 0 heterocycles. The van der Waals surface area contributed by atoms with Gasteiger partial charge in [0.1, 0.15) is 0 Å². The van der Waals surface area contributed by atoms with Crippen LogP contribution < -0.4 is 5.73 Å². The normalized spacial score (nSPS) is 10.3. The molecule has 96 valence electrons. The van der Waals surface area contributed by atoms with E-state index in [-0.39, 0.29) is 11.3 Å². The molecule has 0 aromatic heterocycles. The van der Waals surface area contributed by atoms with Crippen LogP contribution in [-0.2, 0) is 14.3 Å². The zero-order valence-electron chi connectivity index (χ0n) is 10.3. The van der Waals surface area contributed by atoms with Gasteiger partial charge in [0.05, 0.1) is 25.0 Å². The fourth-order valence-electron chi connectivity index (χ4n) is 1.36. The highest BCUT2D eigenvalue weighted by atomic mass is 16.5. The summed E-state index contributed by atoms with van der Waals surface area (Å²) >= 11 is 0. The van der Waals surface area contributed by atoms with Gasteiger partial charge in [-0.3, -0.25) is 0 Å². The molecule has 0 spiro atoms.